The monoisotopic (exact) mass is 424 g/mol. The minimum atomic E-state index is -0.190. The molecule has 0 amide bonds. The number of nitrogens with zero attached hydrogens (tertiary/aromatic N) is 3. The number of aryl methyl sites for hydroxylation is 2. The third-order valence-electron chi connectivity index (χ3n) is 7.85. The van der Waals surface area contributed by atoms with E-state index in [4.69, 9.17) is 4.98 Å². The van der Waals surface area contributed by atoms with Gasteiger partial charge < -0.3 is 9.88 Å². The summed E-state index contributed by atoms with van der Waals surface area (Å²) in [6, 6.07) is 6.78. The highest BCUT2D eigenvalue weighted by Crippen LogP contribution is 2.53. The highest BCUT2D eigenvalue weighted by atomic mass is 19.1. The van der Waals surface area contributed by atoms with Crippen LogP contribution in [-0.4, -0.2) is 46.6 Å². The van der Waals surface area contributed by atoms with Gasteiger partial charge in [-0.3, -0.25) is 9.69 Å². The number of piperazine rings is 1. The predicted octanol–water partition coefficient (Wildman–Crippen LogP) is 3.71. The summed E-state index contributed by atoms with van der Waals surface area (Å²) in [5.74, 6) is 0.651. The minimum Gasteiger partial charge on any atom is -0.369 e. The van der Waals surface area contributed by atoms with Gasteiger partial charge >= 0.3 is 0 Å². The fourth-order valence-corrected chi connectivity index (χ4v) is 5.36. The molecule has 3 aliphatic rings. The van der Waals surface area contributed by atoms with E-state index in [1.54, 1.807) is 0 Å². The molecule has 1 saturated carbocycles. The van der Waals surface area contributed by atoms with Crippen molar-refractivity contribution in [3.63, 3.8) is 0 Å². The number of fused-ring (bicyclic) bond motifs is 1. The van der Waals surface area contributed by atoms with Crippen LogP contribution in [0.1, 0.15) is 56.6 Å². The average molecular weight is 425 g/mol. The van der Waals surface area contributed by atoms with Crippen molar-refractivity contribution < 1.29 is 4.39 Å². The van der Waals surface area contributed by atoms with E-state index in [0.29, 0.717) is 5.41 Å². The lowest BCUT2D eigenvalue weighted by Gasteiger charge is -2.45. The third kappa shape index (κ3) is 4.27. The van der Waals surface area contributed by atoms with Crippen molar-refractivity contribution in [3.8, 4) is 0 Å². The van der Waals surface area contributed by atoms with Gasteiger partial charge in [0.15, 0.2) is 0 Å². The zero-order valence-electron chi connectivity index (χ0n) is 18.7. The number of nitrogens with one attached hydrogen (secondary N) is 1. The Morgan fingerprint density at radius 2 is 1.81 bits per heavy atom. The fraction of sp³-hybridized carbons (Fsp3) is 0.600. The largest absolute Gasteiger partial charge is 0.369 e. The second-order valence-electron chi connectivity index (χ2n) is 10.4. The summed E-state index contributed by atoms with van der Waals surface area (Å²) in [5, 5.41) is 0. The van der Waals surface area contributed by atoms with E-state index in [1.165, 1.54) is 31.4 Å². The van der Waals surface area contributed by atoms with Gasteiger partial charge in [-0.25, -0.2) is 9.37 Å². The van der Waals surface area contributed by atoms with E-state index in [-0.39, 0.29) is 16.9 Å². The molecule has 2 heterocycles. The zero-order chi connectivity index (χ0) is 21.6. The minimum absolute atomic E-state index is 0.0292. The lowest BCUT2D eigenvalue weighted by atomic mass is 9.84. The first kappa shape index (κ1) is 20.7. The van der Waals surface area contributed by atoms with Gasteiger partial charge in [-0.05, 0) is 82.1 Å². The molecule has 5 nitrogen and oxygen atoms in total. The van der Waals surface area contributed by atoms with Crippen LogP contribution in [0.25, 0.3) is 0 Å². The summed E-state index contributed by atoms with van der Waals surface area (Å²) in [6.45, 7) is 8.39. The molecule has 166 valence electrons. The van der Waals surface area contributed by atoms with E-state index in [9.17, 15) is 9.18 Å². The first-order valence-corrected chi connectivity index (χ1v) is 11.7. The number of aromatic amines is 1. The normalized spacial score (nSPS) is 20.7. The van der Waals surface area contributed by atoms with Crippen LogP contribution < -0.4 is 10.5 Å². The molecule has 1 saturated heterocycles. The van der Waals surface area contributed by atoms with Crippen LogP contribution >= 0.6 is 0 Å². The zero-order valence-corrected chi connectivity index (χ0v) is 18.7. The SMILES string of the molecule is CC(C)(CCc1nc2c(c(=O)[nH]1)CC1(CC2)CC1)N1CCN(c2ccc(F)cc2)CC1. The molecule has 0 radical (unpaired) electrons. The summed E-state index contributed by atoms with van der Waals surface area (Å²) < 4.78 is 13.2. The average Bonchev–Trinajstić information content (AvgIpc) is 3.52. The highest BCUT2D eigenvalue weighted by molar-refractivity contribution is 5.46. The van der Waals surface area contributed by atoms with Crippen molar-refractivity contribution >= 4 is 5.69 Å². The van der Waals surface area contributed by atoms with Crippen molar-refractivity contribution in [1.82, 2.24) is 14.9 Å². The number of H-pyrrole nitrogens is 1. The van der Waals surface area contributed by atoms with Crippen molar-refractivity contribution in [1.29, 1.82) is 0 Å². The first-order chi connectivity index (χ1) is 14.8. The molecular weight excluding hydrogens is 391 g/mol. The fourth-order valence-electron chi connectivity index (χ4n) is 5.36. The highest BCUT2D eigenvalue weighted by Gasteiger charge is 2.45. The Morgan fingerprint density at radius 3 is 2.48 bits per heavy atom. The Bertz CT molecular complexity index is 1000. The maximum atomic E-state index is 13.2. The number of rotatable bonds is 5. The molecule has 1 N–H and O–H groups in total. The van der Waals surface area contributed by atoms with E-state index in [0.717, 1.165) is 74.6 Å². The van der Waals surface area contributed by atoms with E-state index >= 15 is 0 Å². The standard InChI is InChI=1S/C25H33FN4O/c1-24(2,30-15-13-29(14-16-30)19-5-3-18(26)4-6-19)9-8-22-27-21-7-10-25(11-12-25)17-20(21)23(31)28-22/h3-6H,7-17H2,1-2H3,(H,27,28,31). The molecule has 6 heteroatoms. The molecule has 1 aliphatic heterocycles. The topological polar surface area (TPSA) is 52.2 Å². The Balaban J connectivity index is 1.19. The van der Waals surface area contributed by atoms with Gasteiger partial charge in [0.1, 0.15) is 11.6 Å². The second-order valence-corrected chi connectivity index (χ2v) is 10.4. The lowest BCUT2D eigenvalue weighted by molar-refractivity contribution is 0.103. The van der Waals surface area contributed by atoms with E-state index < -0.39 is 0 Å². The van der Waals surface area contributed by atoms with Gasteiger partial charge in [-0.15, -0.1) is 0 Å². The molecular formula is C25H33FN4O. The van der Waals surface area contributed by atoms with Crippen LogP contribution in [0.5, 0.6) is 0 Å². The predicted molar refractivity (Wildman–Crippen MR) is 121 cm³/mol. The third-order valence-corrected chi connectivity index (χ3v) is 7.85. The van der Waals surface area contributed by atoms with Crippen LogP contribution in [0.2, 0.25) is 0 Å². The van der Waals surface area contributed by atoms with Crippen LogP contribution in [0.3, 0.4) is 0 Å². The number of benzene rings is 1. The molecule has 1 aromatic carbocycles. The van der Waals surface area contributed by atoms with Crippen molar-refractivity contribution in [2.24, 2.45) is 5.41 Å². The molecule has 1 aromatic heterocycles. The van der Waals surface area contributed by atoms with Crippen LogP contribution in [0.4, 0.5) is 10.1 Å². The molecule has 0 atom stereocenters. The molecule has 1 spiro atoms. The molecule has 2 aliphatic carbocycles. The van der Waals surface area contributed by atoms with E-state index in [1.807, 2.05) is 12.1 Å². The van der Waals surface area contributed by atoms with Crippen molar-refractivity contribution in [2.45, 2.75) is 64.3 Å². The summed E-state index contributed by atoms with van der Waals surface area (Å²) in [7, 11) is 0. The Morgan fingerprint density at radius 1 is 1.10 bits per heavy atom. The van der Waals surface area contributed by atoms with Gasteiger partial charge in [0.25, 0.3) is 5.56 Å². The van der Waals surface area contributed by atoms with Gasteiger partial charge in [0.2, 0.25) is 0 Å². The van der Waals surface area contributed by atoms with Crippen molar-refractivity contribution in [2.75, 3.05) is 31.1 Å². The first-order valence-electron chi connectivity index (χ1n) is 11.7. The molecule has 31 heavy (non-hydrogen) atoms. The van der Waals surface area contributed by atoms with Crippen LogP contribution in [0.15, 0.2) is 29.1 Å². The number of hydrogen-bond donors (Lipinski definition) is 1. The van der Waals surface area contributed by atoms with Gasteiger partial charge in [0, 0.05) is 49.4 Å². The molecule has 5 rings (SSSR count). The van der Waals surface area contributed by atoms with Crippen molar-refractivity contribution in [3.05, 3.63) is 57.5 Å². The van der Waals surface area contributed by atoms with Gasteiger partial charge in [-0.1, -0.05) is 0 Å². The number of anilines is 1. The lowest BCUT2D eigenvalue weighted by Crippen LogP contribution is -2.55. The maximum Gasteiger partial charge on any atom is 0.254 e. The van der Waals surface area contributed by atoms with Crippen LogP contribution in [-0.2, 0) is 19.3 Å². The number of aromatic nitrogens is 2. The molecule has 2 fully saturated rings. The number of halogens is 1. The Hall–Kier alpha value is -2.21. The molecule has 2 aromatic rings. The summed E-state index contributed by atoms with van der Waals surface area (Å²) >= 11 is 0. The quantitative estimate of drug-likeness (QED) is 0.795. The maximum absolute atomic E-state index is 13.2. The Labute approximate surface area is 183 Å². The number of hydrogen-bond acceptors (Lipinski definition) is 4. The van der Waals surface area contributed by atoms with Gasteiger partial charge in [0.05, 0.1) is 5.69 Å². The second kappa shape index (κ2) is 7.73. The Kier molecular flexibility index (Phi) is 5.16. The van der Waals surface area contributed by atoms with Gasteiger partial charge in [-0.2, -0.15) is 0 Å². The summed E-state index contributed by atoms with van der Waals surface area (Å²) in [4.78, 5) is 25.5. The van der Waals surface area contributed by atoms with Crippen LogP contribution in [0, 0.1) is 11.2 Å². The summed E-state index contributed by atoms with van der Waals surface area (Å²) in [6.07, 6.45) is 7.37. The summed E-state index contributed by atoms with van der Waals surface area (Å²) in [5.41, 5.74) is 3.63. The molecule has 0 bridgehead atoms. The molecule has 0 unspecified atom stereocenters. The van der Waals surface area contributed by atoms with E-state index in [2.05, 4.69) is 28.6 Å². The smallest absolute Gasteiger partial charge is 0.254 e.